The number of nitrogens with one attached hydrogen (secondary N) is 1. The molecule has 0 aromatic heterocycles. The standard InChI is InChI=1S/C16H25NO2/c1-16(19,15-8-3-2-4-9-15)12-17-10-13-6-5-7-14(13)11-18/h2-4,8-9,13-14,17-19H,5-7,10-12H2,1H3. The molecular formula is C16H25NO2. The minimum atomic E-state index is -0.839. The van der Waals surface area contributed by atoms with Crippen molar-refractivity contribution in [3.8, 4) is 0 Å². The van der Waals surface area contributed by atoms with Crippen LogP contribution in [0.4, 0.5) is 0 Å². The van der Waals surface area contributed by atoms with Gasteiger partial charge in [0, 0.05) is 13.2 Å². The predicted molar refractivity (Wildman–Crippen MR) is 76.8 cm³/mol. The van der Waals surface area contributed by atoms with Gasteiger partial charge in [0.1, 0.15) is 0 Å². The van der Waals surface area contributed by atoms with Gasteiger partial charge in [-0.15, -0.1) is 0 Å². The molecule has 0 radical (unpaired) electrons. The molecule has 2 rings (SSSR count). The molecule has 3 nitrogen and oxygen atoms in total. The molecule has 3 N–H and O–H groups in total. The Balaban J connectivity index is 1.82. The summed E-state index contributed by atoms with van der Waals surface area (Å²) in [4.78, 5) is 0. The van der Waals surface area contributed by atoms with Crippen molar-refractivity contribution < 1.29 is 10.2 Å². The lowest BCUT2D eigenvalue weighted by Crippen LogP contribution is -2.38. The summed E-state index contributed by atoms with van der Waals surface area (Å²) in [6.45, 7) is 3.56. The van der Waals surface area contributed by atoms with E-state index in [2.05, 4.69) is 5.32 Å². The molecule has 0 aliphatic heterocycles. The summed E-state index contributed by atoms with van der Waals surface area (Å²) >= 11 is 0. The van der Waals surface area contributed by atoms with E-state index in [1.165, 1.54) is 12.8 Å². The number of rotatable bonds is 6. The third-order valence-electron chi connectivity index (χ3n) is 4.32. The fraction of sp³-hybridized carbons (Fsp3) is 0.625. The van der Waals surface area contributed by atoms with Crippen LogP contribution >= 0.6 is 0 Å². The zero-order valence-corrected chi connectivity index (χ0v) is 11.7. The summed E-state index contributed by atoms with van der Waals surface area (Å²) in [6.07, 6.45) is 3.54. The van der Waals surface area contributed by atoms with Crippen molar-refractivity contribution in [2.45, 2.75) is 31.8 Å². The summed E-state index contributed by atoms with van der Waals surface area (Å²) in [5, 5.41) is 23.1. The molecule has 0 bridgehead atoms. The van der Waals surface area contributed by atoms with Crippen molar-refractivity contribution in [1.82, 2.24) is 5.32 Å². The topological polar surface area (TPSA) is 52.5 Å². The van der Waals surface area contributed by atoms with Gasteiger partial charge in [0.25, 0.3) is 0 Å². The van der Waals surface area contributed by atoms with E-state index in [1.54, 1.807) is 0 Å². The molecular weight excluding hydrogens is 238 g/mol. The van der Waals surface area contributed by atoms with Crippen LogP contribution in [0.25, 0.3) is 0 Å². The normalized spacial score (nSPS) is 26.3. The number of aliphatic hydroxyl groups is 2. The molecule has 0 saturated heterocycles. The van der Waals surface area contributed by atoms with E-state index >= 15 is 0 Å². The van der Waals surface area contributed by atoms with Crippen LogP contribution in [-0.2, 0) is 5.60 Å². The number of aliphatic hydroxyl groups excluding tert-OH is 1. The molecule has 1 aliphatic rings. The van der Waals surface area contributed by atoms with Gasteiger partial charge < -0.3 is 15.5 Å². The highest BCUT2D eigenvalue weighted by Crippen LogP contribution is 2.30. The third-order valence-corrected chi connectivity index (χ3v) is 4.32. The molecule has 1 aromatic rings. The van der Waals surface area contributed by atoms with E-state index in [1.807, 2.05) is 37.3 Å². The van der Waals surface area contributed by atoms with Gasteiger partial charge in [-0.25, -0.2) is 0 Å². The van der Waals surface area contributed by atoms with Crippen LogP contribution < -0.4 is 5.32 Å². The van der Waals surface area contributed by atoms with Crippen LogP contribution in [0.15, 0.2) is 30.3 Å². The van der Waals surface area contributed by atoms with E-state index in [0.717, 1.165) is 18.5 Å². The van der Waals surface area contributed by atoms with E-state index < -0.39 is 5.60 Å². The van der Waals surface area contributed by atoms with E-state index in [4.69, 9.17) is 0 Å². The molecule has 106 valence electrons. The van der Waals surface area contributed by atoms with Gasteiger partial charge in [0.2, 0.25) is 0 Å². The van der Waals surface area contributed by atoms with Gasteiger partial charge in [-0.05, 0) is 43.7 Å². The maximum atomic E-state index is 10.5. The second-order valence-corrected chi connectivity index (χ2v) is 5.90. The van der Waals surface area contributed by atoms with Gasteiger partial charge in [0.05, 0.1) is 5.60 Å². The first-order valence-corrected chi connectivity index (χ1v) is 7.23. The van der Waals surface area contributed by atoms with Crippen molar-refractivity contribution in [3.63, 3.8) is 0 Å². The molecule has 1 aromatic carbocycles. The van der Waals surface area contributed by atoms with Crippen LogP contribution in [-0.4, -0.2) is 29.9 Å². The number of benzene rings is 1. The highest BCUT2D eigenvalue weighted by Gasteiger charge is 2.28. The molecule has 0 amide bonds. The zero-order chi connectivity index (χ0) is 13.7. The maximum absolute atomic E-state index is 10.5. The minimum Gasteiger partial charge on any atom is -0.396 e. The van der Waals surface area contributed by atoms with E-state index in [-0.39, 0.29) is 0 Å². The average molecular weight is 263 g/mol. The Kier molecular flexibility index (Phi) is 4.97. The van der Waals surface area contributed by atoms with Crippen molar-refractivity contribution in [1.29, 1.82) is 0 Å². The molecule has 3 unspecified atom stereocenters. The van der Waals surface area contributed by atoms with Gasteiger partial charge in [-0.1, -0.05) is 36.8 Å². The van der Waals surface area contributed by atoms with Crippen LogP contribution in [0.2, 0.25) is 0 Å². The van der Waals surface area contributed by atoms with Gasteiger partial charge in [-0.2, -0.15) is 0 Å². The molecule has 0 heterocycles. The highest BCUT2D eigenvalue weighted by atomic mass is 16.3. The summed E-state index contributed by atoms with van der Waals surface area (Å²) in [5.74, 6) is 0.991. The van der Waals surface area contributed by atoms with Crippen LogP contribution in [0.1, 0.15) is 31.7 Å². The maximum Gasteiger partial charge on any atom is 0.0992 e. The molecule has 1 saturated carbocycles. The molecule has 3 heteroatoms. The minimum absolute atomic E-state index is 0.293. The molecule has 19 heavy (non-hydrogen) atoms. The van der Waals surface area contributed by atoms with E-state index in [0.29, 0.717) is 25.0 Å². The monoisotopic (exact) mass is 263 g/mol. The van der Waals surface area contributed by atoms with Crippen LogP contribution in [0.3, 0.4) is 0 Å². The first-order valence-electron chi connectivity index (χ1n) is 7.23. The first kappa shape index (κ1) is 14.5. The third kappa shape index (κ3) is 3.78. The Hall–Kier alpha value is -0.900. The van der Waals surface area contributed by atoms with Crippen LogP contribution in [0.5, 0.6) is 0 Å². The summed E-state index contributed by atoms with van der Waals surface area (Å²) < 4.78 is 0. The van der Waals surface area contributed by atoms with E-state index in [9.17, 15) is 10.2 Å². The SMILES string of the molecule is CC(O)(CNCC1CCCC1CO)c1ccccc1. The summed E-state index contributed by atoms with van der Waals surface area (Å²) in [7, 11) is 0. The van der Waals surface area contributed by atoms with Crippen LogP contribution in [0, 0.1) is 11.8 Å². The van der Waals surface area contributed by atoms with Gasteiger partial charge in [0.15, 0.2) is 0 Å². The van der Waals surface area contributed by atoms with Crippen molar-refractivity contribution in [2.24, 2.45) is 11.8 Å². The zero-order valence-electron chi connectivity index (χ0n) is 11.7. The Morgan fingerprint density at radius 3 is 2.58 bits per heavy atom. The van der Waals surface area contributed by atoms with Crippen molar-refractivity contribution in [3.05, 3.63) is 35.9 Å². The second kappa shape index (κ2) is 6.51. The highest BCUT2D eigenvalue weighted by molar-refractivity contribution is 5.21. The predicted octanol–water partition coefficient (Wildman–Crippen LogP) is 1.89. The first-order chi connectivity index (χ1) is 9.13. The Labute approximate surface area is 115 Å². The lowest BCUT2D eigenvalue weighted by molar-refractivity contribution is 0.0549. The molecule has 1 fully saturated rings. The van der Waals surface area contributed by atoms with Crippen molar-refractivity contribution >= 4 is 0 Å². The Morgan fingerprint density at radius 2 is 1.89 bits per heavy atom. The Bertz CT molecular complexity index is 378. The fourth-order valence-corrected chi connectivity index (χ4v) is 3.02. The smallest absolute Gasteiger partial charge is 0.0992 e. The lowest BCUT2D eigenvalue weighted by Gasteiger charge is -2.26. The molecule has 3 atom stereocenters. The number of hydrogen-bond acceptors (Lipinski definition) is 3. The largest absolute Gasteiger partial charge is 0.396 e. The molecule has 0 spiro atoms. The van der Waals surface area contributed by atoms with Gasteiger partial charge in [-0.3, -0.25) is 0 Å². The summed E-state index contributed by atoms with van der Waals surface area (Å²) in [5.41, 5.74) is 0.0989. The Morgan fingerprint density at radius 1 is 1.21 bits per heavy atom. The van der Waals surface area contributed by atoms with Crippen molar-refractivity contribution in [2.75, 3.05) is 19.7 Å². The summed E-state index contributed by atoms with van der Waals surface area (Å²) in [6, 6.07) is 9.75. The molecule has 1 aliphatic carbocycles. The lowest BCUT2D eigenvalue weighted by atomic mass is 9.94. The average Bonchev–Trinajstić information content (AvgIpc) is 2.87. The van der Waals surface area contributed by atoms with Gasteiger partial charge >= 0.3 is 0 Å². The second-order valence-electron chi connectivity index (χ2n) is 5.90. The number of hydrogen-bond donors (Lipinski definition) is 3. The fourth-order valence-electron chi connectivity index (χ4n) is 3.02. The quantitative estimate of drug-likeness (QED) is 0.734.